The van der Waals surface area contributed by atoms with Gasteiger partial charge in [-0.1, -0.05) is 31.1 Å². The van der Waals surface area contributed by atoms with Crippen LogP contribution in [0, 0.1) is 0 Å². The molecular formula is C15H16F3N3O2S. The Labute approximate surface area is 140 Å². The fraction of sp³-hybridized carbons (Fsp3) is 0.400. The van der Waals surface area contributed by atoms with E-state index < -0.39 is 17.1 Å². The van der Waals surface area contributed by atoms with Crippen molar-refractivity contribution in [1.82, 2.24) is 10.2 Å². The zero-order chi connectivity index (χ0) is 17.6. The largest absolute Gasteiger partial charge is 0.494 e. The summed E-state index contributed by atoms with van der Waals surface area (Å²) in [6.45, 7) is 2.70. The molecule has 1 amide bonds. The third-order valence-electron chi connectivity index (χ3n) is 3.02. The zero-order valence-electron chi connectivity index (χ0n) is 12.9. The standard InChI is InChI=1S/C15H16F3N3O2S/c1-2-3-4-9-23-11-7-5-10(6-8-11)12(22)19-14-21-20-13(24-14)15(16,17)18/h5-8H,2-4,9H2,1H3,(H,19,21,22). The molecule has 0 fully saturated rings. The van der Waals surface area contributed by atoms with Crippen LogP contribution in [-0.2, 0) is 6.18 Å². The van der Waals surface area contributed by atoms with Crippen molar-refractivity contribution in [3.05, 3.63) is 34.8 Å². The van der Waals surface area contributed by atoms with E-state index in [0.717, 1.165) is 19.3 Å². The van der Waals surface area contributed by atoms with E-state index in [1.807, 2.05) is 0 Å². The van der Waals surface area contributed by atoms with Crippen LogP contribution in [0.3, 0.4) is 0 Å². The molecule has 0 aliphatic carbocycles. The highest BCUT2D eigenvalue weighted by molar-refractivity contribution is 7.15. The topological polar surface area (TPSA) is 64.1 Å². The molecule has 1 aromatic heterocycles. The van der Waals surface area contributed by atoms with Crippen molar-refractivity contribution >= 4 is 22.4 Å². The Balaban J connectivity index is 1.91. The lowest BCUT2D eigenvalue weighted by molar-refractivity contribution is -0.138. The van der Waals surface area contributed by atoms with Crippen LogP contribution in [-0.4, -0.2) is 22.7 Å². The first-order chi connectivity index (χ1) is 11.4. The minimum absolute atomic E-state index is 0.202. The van der Waals surface area contributed by atoms with Crippen LogP contribution >= 0.6 is 11.3 Å². The number of anilines is 1. The normalized spacial score (nSPS) is 11.3. The number of rotatable bonds is 7. The average Bonchev–Trinajstić information content (AvgIpc) is 3.01. The van der Waals surface area contributed by atoms with E-state index in [1.165, 1.54) is 12.1 Å². The van der Waals surface area contributed by atoms with Crippen molar-refractivity contribution in [2.24, 2.45) is 0 Å². The number of nitrogens with zero attached hydrogens (tertiary/aromatic N) is 2. The lowest BCUT2D eigenvalue weighted by Gasteiger charge is -2.06. The maximum atomic E-state index is 12.4. The highest BCUT2D eigenvalue weighted by Crippen LogP contribution is 2.33. The molecule has 0 atom stereocenters. The van der Waals surface area contributed by atoms with Gasteiger partial charge in [-0.15, -0.1) is 10.2 Å². The summed E-state index contributed by atoms with van der Waals surface area (Å²) in [5.74, 6) is 0.0790. The van der Waals surface area contributed by atoms with Gasteiger partial charge in [-0.2, -0.15) is 13.2 Å². The van der Waals surface area contributed by atoms with Crippen molar-refractivity contribution < 1.29 is 22.7 Å². The van der Waals surface area contributed by atoms with Crippen LogP contribution in [0.4, 0.5) is 18.3 Å². The second-order valence-electron chi connectivity index (χ2n) is 4.94. The molecule has 0 unspecified atom stereocenters. The number of unbranched alkanes of at least 4 members (excludes halogenated alkanes) is 2. The number of halogens is 3. The number of carbonyl (C=O) groups excluding carboxylic acids is 1. The van der Waals surface area contributed by atoms with Crippen LogP contribution in [0.5, 0.6) is 5.75 Å². The van der Waals surface area contributed by atoms with E-state index in [1.54, 1.807) is 12.1 Å². The van der Waals surface area contributed by atoms with Crippen molar-refractivity contribution in [3.8, 4) is 5.75 Å². The summed E-state index contributed by atoms with van der Waals surface area (Å²) in [4.78, 5) is 12.0. The molecule has 1 N–H and O–H groups in total. The van der Waals surface area contributed by atoms with Gasteiger partial charge in [0, 0.05) is 5.56 Å². The van der Waals surface area contributed by atoms with Crippen molar-refractivity contribution in [1.29, 1.82) is 0 Å². The van der Waals surface area contributed by atoms with Crippen molar-refractivity contribution in [2.45, 2.75) is 32.4 Å². The third kappa shape index (κ3) is 5.19. The van der Waals surface area contributed by atoms with Gasteiger partial charge >= 0.3 is 6.18 Å². The van der Waals surface area contributed by atoms with Crippen LogP contribution in [0.25, 0.3) is 0 Å². The molecule has 0 radical (unpaired) electrons. The Kier molecular flexibility index (Phi) is 6.13. The number of alkyl halides is 3. The summed E-state index contributed by atoms with van der Waals surface area (Å²) >= 11 is 0.278. The number of amides is 1. The average molecular weight is 359 g/mol. The van der Waals surface area contributed by atoms with Gasteiger partial charge in [0.1, 0.15) is 5.75 Å². The van der Waals surface area contributed by atoms with Crippen LogP contribution in [0.2, 0.25) is 0 Å². The summed E-state index contributed by atoms with van der Waals surface area (Å²) in [7, 11) is 0. The van der Waals surface area contributed by atoms with Gasteiger partial charge in [-0.3, -0.25) is 10.1 Å². The monoisotopic (exact) mass is 359 g/mol. The summed E-state index contributed by atoms with van der Waals surface area (Å²) < 4.78 is 42.8. The number of hydrogen-bond donors (Lipinski definition) is 1. The maximum absolute atomic E-state index is 12.4. The van der Waals surface area contributed by atoms with E-state index in [4.69, 9.17) is 4.74 Å². The molecule has 24 heavy (non-hydrogen) atoms. The fourth-order valence-corrected chi connectivity index (χ4v) is 2.41. The molecular weight excluding hydrogens is 343 g/mol. The summed E-state index contributed by atoms with van der Waals surface area (Å²) in [5.41, 5.74) is 0.291. The molecule has 0 aliphatic heterocycles. The number of carbonyl (C=O) groups is 1. The molecule has 9 heteroatoms. The first-order valence-electron chi connectivity index (χ1n) is 7.35. The van der Waals surface area contributed by atoms with E-state index in [-0.39, 0.29) is 16.5 Å². The molecule has 5 nitrogen and oxygen atoms in total. The number of nitrogens with one attached hydrogen (secondary N) is 1. The van der Waals surface area contributed by atoms with Crippen LogP contribution < -0.4 is 10.1 Å². The van der Waals surface area contributed by atoms with Gasteiger partial charge < -0.3 is 4.74 Å². The molecule has 2 aromatic rings. The first-order valence-corrected chi connectivity index (χ1v) is 8.16. The Hall–Kier alpha value is -2.16. The summed E-state index contributed by atoms with van der Waals surface area (Å²) in [5, 5.41) is 7.31. The Morgan fingerprint density at radius 1 is 1.21 bits per heavy atom. The van der Waals surface area contributed by atoms with E-state index in [9.17, 15) is 18.0 Å². The van der Waals surface area contributed by atoms with E-state index >= 15 is 0 Å². The number of aromatic nitrogens is 2. The summed E-state index contributed by atoms with van der Waals surface area (Å²) in [6, 6.07) is 6.36. The molecule has 0 aliphatic rings. The van der Waals surface area contributed by atoms with Crippen LogP contribution in [0.1, 0.15) is 41.6 Å². The smallest absolute Gasteiger partial charge is 0.445 e. The highest BCUT2D eigenvalue weighted by atomic mass is 32.1. The second-order valence-corrected chi connectivity index (χ2v) is 5.92. The third-order valence-corrected chi connectivity index (χ3v) is 3.90. The molecule has 130 valence electrons. The van der Waals surface area contributed by atoms with Crippen molar-refractivity contribution in [2.75, 3.05) is 11.9 Å². The highest BCUT2D eigenvalue weighted by Gasteiger charge is 2.35. The molecule has 0 saturated carbocycles. The predicted molar refractivity (Wildman–Crippen MR) is 84.3 cm³/mol. The SMILES string of the molecule is CCCCCOc1ccc(C(=O)Nc2nnc(C(F)(F)F)s2)cc1. The first kappa shape index (κ1) is 18.2. The predicted octanol–water partition coefficient (Wildman–Crippen LogP) is 4.38. The van der Waals surface area contributed by atoms with Gasteiger partial charge in [0.2, 0.25) is 10.1 Å². The molecule has 1 heterocycles. The zero-order valence-corrected chi connectivity index (χ0v) is 13.7. The Morgan fingerprint density at radius 2 is 1.92 bits per heavy atom. The summed E-state index contributed by atoms with van der Waals surface area (Å²) in [6.07, 6.45) is -1.43. The number of hydrogen-bond acceptors (Lipinski definition) is 5. The van der Waals surface area contributed by atoms with Gasteiger partial charge in [0.05, 0.1) is 6.61 Å². The number of benzene rings is 1. The van der Waals surface area contributed by atoms with E-state index in [0.29, 0.717) is 17.9 Å². The van der Waals surface area contributed by atoms with Gasteiger partial charge in [0.15, 0.2) is 0 Å². The Bertz CT molecular complexity index is 671. The van der Waals surface area contributed by atoms with Crippen LogP contribution in [0.15, 0.2) is 24.3 Å². The molecule has 0 bridgehead atoms. The number of ether oxygens (including phenoxy) is 1. The molecule has 0 spiro atoms. The lowest BCUT2D eigenvalue weighted by atomic mass is 10.2. The van der Waals surface area contributed by atoms with Gasteiger partial charge in [-0.05, 0) is 30.7 Å². The van der Waals surface area contributed by atoms with Gasteiger partial charge in [0.25, 0.3) is 5.91 Å². The van der Waals surface area contributed by atoms with E-state index in [2.05, 4.69) is 22.4 Å². The Morgan fingerprint density at radius 3 is 2.50 bits per heavy atom. The van der Waals surface area contributed by atoms with Gasteiger partial charge in [-0.25, -0.2) is 0 Å². The van der Waals surface area contributed by atoms with Crippen molar-refractivity contribution in [3.63, 3.8) is 0 Å². The second kappa shape index (κ2) is 8.09. The molecule has 2 rings (SSSR count). The fourth-order valence-electron chi connectivity index (χ4n) is 1.80. The molecule has 1 aromatic carbocycles. The lowest BCUT2D eigenvalue weighted by Crippen LogP contribution is -2.11. The minimum atomic E-state index is -4.57. The maximum Gasteiger partial charge on any atom is 0.445 e. The quantitative estimate of drug-likeness (QED) is 0.745. The molecule has 0 saturated heterocycles. The minimum Gasteiger partial charge on any atom is -0.494 e.